The molecule has 0 aromatic heterocycles. The number of hydrogen-bond donors (Lipinski definition) is 3. The van der Waals surface area contributed by atoms with Crippen molar-refractivity contribution in [3.63, 3.8) is 0 Å². The highest BCUT2D eigenvalue weighted by molar-refractivity contribution is 5.99. The van der Waals surface area contributed by atoms with Crippen LogP contribution in [0.25, 0.3) is 11.1 Å². The SMILES string of the molecule is CCOC(=O)c1ccccc1-c1cccc(C(=O)NC(Cc2cc(F)cc(F)c2)C(O)CNCc2cccc(CC)c2)c1. The van der Waals surface area contributed by atoms with Crippen LogP contribution in [0.5, 0.6) is 0 Å². The molecule has 4 rings (SSSR count). The fourth-order valence-electron chi connectivity index (χ4n) is 4.93. The Morgan fingerprint density at radius 3 is 2.30 bits per heavy atom. The first-order chi connectivity index (χ1) is 20.8. The molecule has 2 atom stereocenters. The lowest BCUT2D eigenvalue weighted by Gasteiger charge is -2.25. The van der Waals surface area contributed by atoms with Crippen LogP contribution in [0.1, 0.15) is 51.3 Å². The van der Waals surface area contributed by atoms with Gasteiger partial charge in [0.2, 0.25) is 0 Å². The molecule has 43 heavy (non-hydrogen) atoms. The van der Waals surface area contributed by atoms with Gasteiger partial charge in [-0.2, -0.15) is 0 Å². The van der Waals surface area contributed by atoms with Gasteiger partial charge in [0.25, 0.3) is 5.91 Å². The summed E-state index contributed by atoms with van der Waals surface area (Å²) in [6, 6.07) is 24.1. The van der Waals surface area contributed by atoms with E-state index in [-0.39, 0.29) is 19.6 Å². The number of aliphatic hydroxyl groups excluding tert-OH is 1. The Labute approximate surface area is 250 Å². The Bertz CT molecular complexity index is 1540. The molecule has 1 amide bonds. The van der Waals surface area contributed by atoms with Gasteiger partial charge in [0.15, 0.2) is 0 Å². The molecule has 2 unspecified atom stereocenters. The lowest BCUT2D eigenvalue weighted by Crippen LogP contribution is -2.48. The number of aryl methyl sites for hydroxylation is 1. The van der Waals surface area contributed by atoms with Crippen molar-refractivity contribution in [2.45, 2.75) is 45.4 Å². The number of amides is 1. The molecule has 6 nitrogen and oxygen atoms in total. The van der Waals surface area contributed by atoms with Crippen molar-refractivity contribution in [2.24, 2.45) is 0 Å². The summed E-state index contributed by atoms with van der Waals surface area (Å²) in [6.45, 7) is 4.67. The fourth-order valence-corrected chi connectivity index (χ4v) is 4.93. The summed E-state index contributed by atoms with van der Waals surface area (Å²) >= 11 is 0. The van der Waals surface area contributed by atoms with E-state index in [9.17, 15) is 23.5 Å². The van der Waals surface area contributed by atoms with E-state index in [2.05, 4.69) is 23.6 Å². The quantitative estimate of drug-likeness (QED) is 0.171. The molecule has 0 aliphatic heterocycles. The monoisotopic (exact) mass is 586 g/mol. The summed E-state index contributed by atoms with van der Waals surface area (Å²) in [5.74, 6) is -2.42. The maximum absolute atomic E-state index is 14.0. The smallest absolute Gasteiger partial charge is 0.338 e. The molecular formula is C35H36F2N2O4. The van der Waals surface area contributed by atoms with E-state index in [0.29, 0.717) is 34.4 Å². The third-order valence-electron chi connectivity index (χ3n) is 7.10. The van der Waals surface area contributed by atoms with Crippen molar-refractivity contribution < 1.29 is 28.2 Å². The normalized spacial score (nSPS) is 12.4. The van der Waals surface area contributed by atoms with Crippen LogP contribution in [0.3, 0.4) is 0 Å². The summed E-state index contributed by atoms with van der Waals surface area (Å²) in [4.78, 5) is 26.0. The second kappa shape index (κ2) is 15.2. The molecule has 4 aromatic rings. The van der Waals surface area contributed by atoms with Crippen molar-refractivity contribution >= 4 is 11.9 Å². The van der Waals surface area contributed by atoms with Gasteiger partial charge in [-0.15, -0.1) is 0 Å². The molecule has 0 aliphatic rings. The molecule has 0 heterocycles. The van der Waals surface area contributed by atoms with Crippen molar-refractivity contribution in [1.29, 1.82) is 0 Å². The molecule has 8 heteroatoms. The van der Waals surface area contributed by atoms with Gasteiger partial charge >= 0.3 is 5.97 Å². The van der Waals surface area contributed by atoms with E-state index in [0.717, 1.165) is 18.1 Å². The Kier molecular flexibility index (Phi) is 11.1. The summed E-state index contributed by atoms with van der Waals surface area (Å²) in [5, 5.41) is 17.2. The predicted molar refractivity (Wildman–Crippen MR) is 163 cm³/mol. The number of benzene rings is 4. The molecule has 3 N–H and O–H groups in total. The van der Waals surface area contributed by atoms with Crippen molar-refractivity contribution in [1.82, 2.24) is 10.6 Å². The number of halogens is 2. The molecule has 0 saturated heterocycles. The van der Waals surface area contributed by atoms with E-state index >= 15 is 0 Å². The third-order valence-corrected chi connectivity index (χ3v) is 7.10. The molecular weight excluding hydrogens is 550 g/mol. The zero-order valence-electron chi connectivity index (χ0n) is 24.3. The molecule has 0 fully saturated rings. The summed E-state index contributed by atoms with van der Waals surface area (Å²) < 4.78 is 33.1. The first-order valence-corrected chi connectivity index (χ1v) is 14.4. The Morgan fingerprint density at radius 1 is 0.837 bits per heavy atom. The van der Waals surface area contributed by atoms with Crippen LogP contribution in [-0.2, 0) is 24.1 Å². The van der Waals surface area contributed by atoms with Crippen LogP contribution in [0.4, 0.5) is 8.78 Å². The largest absolute Gasteiger partial charge is 0.462 e. The number of nitrogens with one attached hydrogen (secondary N) is 2. The maximum Gasteiger partial charge on any atom is 0.338 e. The van der Waals surface area contributed by atoms with Crippen LogP contribution in [0.2, 0.25) is 0 Å². The van der Waals surface area contributed by atoms with Gasteiger partial charge in [0.05, 0.1) is 24.3 Å². The number of ether oxygens (including phenoxy) is 1. The number of aliphatic hydroxyl groups is 1. The van der Waals surface area contributed by atoms with Gasteiger partial charge in [-0.25, -0.2) is 13.6 Å². The minimum atomic E-state index is -1.07. The second-order valence-corrected chi connectivity index (χ2v) is 10.3. The highest BCUT2D eigenvalue weighted by atomic mass is 19.1. The maximum atomic E-state index is 14.0. The zero-order valence-corrected chi connectivity index (χ0v) is 24.3. The summed E-state index contributed by atoms with van der Waals surface area (Å²) in [6.07, 6.45) is -0.165. The number of rotatable bonds is 13. The molecule has 0 radical (unpaired) electrons. The van der Waals surface area contributed by atoms with Crippen LogP contribution >= 0.6 is 0 Å². The topological polar surface area (TPSA) is 87.7 Å². The average molecular weight is 587 g/mol. The van der Waals surface area contributed by atoms with E-state index < -0.39 is 35.7 Å². The van der Waals surface area contributed by atoms with Gasteiger partial charge < -0.3 is 20.5 Å². The molecule has 0 bridgehead atoms. The lowest BCUT2D eigenvalue weighted by molar-refractivity contribution is 0.0527. The number of carbonyl (C=O) groups excluding carboxylic acids is 2. The Hall–Kier alpha value is -4.40. The third kappa shape index (κ3) is 8.80. The number of hydrogen-bond acceptors (Lipinski definition) is 5. The van der Waals surface area contributed by atoms with Crippen molar-refractivity contribution in [3.8, 4) is 11.1 Å². The van der Waals surface area contributed by atoms with Crippen molar-refractivity contribution in [3.05, 3.63) is 130 Å². The van der Waals surface area contributed by atoms with Crippen LogP contribution < -0.4 is 10.6 Å². The first-order valence-electron chi connectivity index (χ1n) is 14.4. The van der Waals surface area contributed by atoms with Gasteiger partial charge in [-0.05, 0) is 77.9 Å². The molecule has 0 aliphatic carbocycles. The minimum absolute atomic E-state index is 0.0000307. The predicted octanol–water partition coefficient (Wildman–Crippen LogP) is 5.86. The van der Waals surface area contributed by atoms with E-state index in [1.165, 1.54) is 17.7 Å². The molecule has 0 spiro atoms. The fraction of sp³-hybridized carbons (Fsp3) is 0.257. The van der Waals surface area contributed by atoms with Crippen molar-refractivity contribution in [2.75, 3.05) is 13.2 Å². The number of esters is 1. The minimum Gasteiger partial charge on any atom is -0.462 e. The standard InChI is InChI=1S/C35H36F2N2O4/c1-3-23-9-7-10-24(15-23)21-38-22-33(40)32(18-25-16-28(36)20-29(37)17-25)39-34(41)27-12-8-11-26(19-27)30-13-5-6-14-31(30)35(42)43-4-2/h5-17,19-20,32-33,38,40H,3-4,18,21-22H2,1-2H3,(H,39,41). The Morgan fingerprint density at radius 2 is 1.56 bits per heavy atom. The summed E-state index contributed by atoms with van der Waals surface area (Å²) in [7, 11) is 0. The average Bonchev–Trinajstić information content (AvgIpc) is 3.00. The highest BCUT2D eigenvalue weighted by Gasteiger charge is 2.24. The first kappa shape index (κ1) is 31.5. The van der Waals surface area contributed by atoms with Crippen LogP contribution in [0, 0.1) is 11.6 Å². The van der Waals surface area contributed by atoms with E-state index in [1.807, 2.05) is 18.2 Å². The van der Waals surface area contributed by atoms with E-state index in [4.69, 9.17) is 4.74 Å². The van der Waals surface area contributed by atoms with Crippen LogP contribution in [0.15, 0.2) is 91.0 Å². The van der Waals surface area contributed by atoms with E-state index in [1.54, 1.807) is 55.5 Å². The number of carbonyl (C=O) groups is 2. The molecule has 224 valence electrons. The Balaban J connectivity index is 1.53. The highest BCUT2D eigenvalue weighted by Crippen LogP contribution is 2.25. The van der Waals surface area contributed by atoms with Gasteiger partial charge in [0, 0.05) is 24.7 Å². The van der Waals surface area contributed by atoms with Crippen LogP contribution in [-0.4, -0.2) is 42.3 Å². The second-order valence-electron chi connectivity index (χ2n) is 10.3. The lowest BCUT2D eigenvalue weighted by atomic mass is 9.97. The molecule has 4 aromatic carbocycles. The van der Waals surface area contributed by atoms with Gasteiger partial charge in [-0.1, -0.05) is 61.5 Å². The van der Waals surface area contributed by atoms with Gasteiger partial charge in [0.1, 0.15) is 11.6 Å². The summed E-state index contributed by atoms with van der Waals surface area (Å²) in [5.41, 5.74) is 4.47. The molecule has 0 saturated carbocycles. The zero-order chi connectivity index (χ0) is 30.8. The van der Waals surface area contributed by atoms with Gasteiger partial charge in [-0.3, -0.25) is 4.79 Å².